The lowest BCUT2D eigenvalue weighted by Crippen LogP contribution is -2.30. The highest BCUT2D eigenvalue weighted by atomic mass is 32.1. The largest absolute Gasteiger partial charge is 0.490 e. The Morgan fingerprint density at radius 2 is 1.87 bits per heavy atom. The lowest BCUT2D eigenvalue weighted by Gasteiger charge is -2.26. The number of amides is 1. The van der Waals surface area contributed by atoms with Crippen molar-refractivity contribution in [2.75, 3.05) is 38.7 Å². The molecule has 0 unspecified atom stereocenters. The highest BCUT2D eigenvalue weighted by molar-refractivity contribution is 7.17. The summed E-state index contributed by atoms with van der Waals surface area (Å²) < 4.78 is 16.2. The van der Waals surface area contributed by atoms with Gasteiger partial charge in [0.1, 0.15) is 5.00 Å². The van der Waals surface area contributed by atoms with Crippen LogP contribution in [0.3, 0.4) is 0 Å². The van der Waals surface area contributed by atoms with Gasteiger partial charge in [0, 0.05) is 23.5 Å². The molecule has 3 rings (SSSR count). The quantitative estimate of drug-likeness (QED) is 0.577. The molecular weight excluding hydrogens is 416 g/mol. The van der Waals surface area contributed by atoms with Crippen molar-refractivity contribution in [3.05, 3.63) is 39.8 Å². The first kappa shape index (κ1) is 23.1. The zero-order valence-corrected chi connectivity index (χ0v) is 19.4. The Labute approximate surface area is 187 Å². The van der Waals surface area contributed by atoms with E-state index in [1.165, 1.54) is 18.4 Å². The Bertz CT molecular complexity index is 940. The second-order valence-electron chi connectivity index (χ2n) is 7.21. The molecule has 0 spiro atoms. The molecule has 0 aliphatic carbocycles. The number of rotatable bonds is 9. The predicted molar refractivity (Wildman–Crippen MR) is 122 cm³/mol. The monoisotopic (exact) mass is 446 g/mol. The van der Waals surface area contributed by atoms with Crippen LogP contribution in [0.4, 0.5) is 5.00 Å². The van der Waals surface area contributed by atoms with Crippen molar-refractivity contribution in [3.63, 3.8) is 0 Å². The Morgan fingerprint density at radius 3 is 2.55 bits per heavy atom. The van der Waals surface area contributed by atoms with Crippen LogP contribution in [0.5, 0.6) is 11.5 Å². The minimum absolute atomic E-state index is 0.307. The number of nitrogens with zero attached hydrogens (tertiary/aromatic N) is 1. The van der Waals surface area contributed by atoms with Gasteiger partial charge in [0.25, 0.3) is 5.91 Å². The van der Waals surface area contributed by atoms with Crippen molar-refractivity contribution in [1.82, 2.24) is 4.90 Å². The number of ether oxygens (including phenoxy) is 3. The second kappa shape index (κ2) is 10.6. The van der Waals surface area contributed by atoms with Gasteiger partial charge in [0.2, 0.25) is 0 Å². The summed E-state index contributed by atoms with van der Waals surface area (Å²) in [5.41, 5.74) is 1.89. The van der Waals surface area contributed by atoms with Gasteiger partial charge in [-0.05, 0) is 57.0 Å². The van der Waals surface area contributed by atoms with Gasteiger partial charge in [-0.1, -0.05) is 6.92 Å². The van der Waals surface area contributed by atoms with E-state index < -0.39 is 5.97 Å². The molecule has 2 aromatic rings. The fourth-order valence-corrected chi connectivity index (χ4v) is 5.01. The van der Waals surface area contributed by atoms with Crippen LogP contribution in [-0.2, 0) is 17.7 Å². The number of nitrogens with one attached hydrogen (secondary N) is 1. The van der Waals surface area contributed by atoms with E-state index in [0.717, 1.165) is 42.9 Å². The van der Waals surface area contributed by atoms with Crippen LogP contribution in [-0.4, -0.2) is 50.2 Å². The molecule has 0 fully saturated rings. The van der Waals surface area contributed by atoms with Crippen molar-refractivity contribution >= 4 is 28.2 Å². The molecule has 1 amide bonds. The number of anilines is 1. The topological polar surface area (TPSA) is 77.1 Å². The summed E-state index contributed by atoms with van der Waals surface area (Å²) in [6.07, 6.45) is 1.84. The number of carbonyl (C=O) groups excluding carboxylic acids is 2. The number of hydrogen-bond donors (Lipinski definition) is 1. The van der Waals surface area contributed by atoms with Crippen LogP contribution in [0.2, 0.25) is 0 Å². The van der Waals surface area contributed by atoms with Crippen LogP contribution in [0.25, 0.3) is 0 Å². The molecule has 0 bridgehead atoms. The van der Waals surface area contributed by atoms with Crippen molar-refractivity contribution in [3.8, 4) is 11.5 Å². The molecule has 0 radical (unpaired) electrons. The molecule has 0 atom stereocenters. The first-order valence-electron chi connectivity index (χ1n) is 10.7. The van der Waals surface area contributed by atoms with E-state index in [1.807, 2.05) is 13.8 Å². The summed E-state index contributed by atoms with van der Waals surface area (Å²) in [6.45, 7) is 9.58. The molecule has 1 aliphatic heterocycles. The molecule has 1 aliphatic rings. The van der Waals surface area contributed by atoms with Gasteiger partial charge < -0.3 is 19.5 Å². The Balaban J connectivity index is 1.89. The maximum Gasteiger partial charge on any atom is 0.341 e. The zero-order valence-electron chi connectivity index (χ0n) is 18.6. The van der Waals surface area contributed by atoms with Crippen LogP contribution in [0, 0.1) is 0 Å². The SMILES string of the molecule is CCCN1CCc2c(sc(NC(=O)c3ccc(OCC)c(OCC)c3)c2C(=O)OC)C1. The molecule has 2 heterocycles. The number of carbonyl (C=O) groups is 2. The average Bonchev–Trinajstić information content (AvgIpc) is 3.12. The van der Waals surface area contributed by atoms with E-state index in [2.05, 4.69) is 17.1 Å². The molecular formula is C23H30N2O5S. The number of fused-ring (bicyclic) bond motifs is 1. The average molecular weight is 447 g/mol. The third kappa shape index (κ3) is 5.19. The number of thiophene rings is 1. The number of esters is 1. The van der Waals surface area contributed by atoms with Gasteiger partial charge in [-0.3, -0.25) is 9.69 Å². The van der Waals surface area contributed by atoms with Crippen LogP contribution in [0.15, 0.2) is 18.2 Å². The van der Waals surface area contributed by atoms with Crippen molar-refractivity contribution in [2.24, 2.45) is 0 Å². The van der Waals surface area contributed by atoms with Gasteiger partial charge in [0.05, 0.1) is 25.9 Å². The molecule has 1 aromatic heterocycles. The zero-order chi connectivity index (χ0) is 22.4. The second-order valence-corrected chi connectivity index (χ2v) is 8.31. The summed E-state index contributed by atoms with van der Waals surface area (Å²) in [6, 6.07) is 5.09. The summed E-state index contributed by atoms with van der Waals surface area (Å²) in [5, 5.41) is 3.47. The maximum absolute atomic E-state index is 13.0. The Kier molecular flexibility index (Phi) is 7.92. The number of methoxy groups -OCH3 is 1. The lowest BCUT2D eigenvalue weighted by atomic mass is 10.0. The molecule has 168 valence electrons. The summed E-state index contributed by atoms with van der Waals surface area (Å²) in [4.78, 5) is 29.0. The summed E-state index contributed by atoms with van der Waals surface area (Å²) in [5.74, 6) is 0.390. The van der Waals surface area contributed by atoms with Crippen molar-refractivity contribution in [1.29, 1.82) is 0 Å². The molecule has 0 saturated carbocycles. The minimum Gasteiger partial charge on any atom is -0.490 e. The van der Waals surface area contributed by atoms with Gasteiger partial charge in [-0.2, -0.15) is 0 Å². The van der Waals surface area contributed by atoms with Crippen molar-refractivity contribution < 1.29 is 23.8 Å². The normalized spacial score (nSPS) is 13.4. The number of hydrogen-bond acceptors (Lipinski definition) is 7. The molecule has 1 N–H and O–H groups in total. The minimum atomic E-state index is -0.418. The molecule has 8 heteroatoms. The van der Waals surface area contributed by atoms with Gasteiger partial charge >= 0.3 is 5.97 Å². The third-order valence-electron chi connectivity index (χ3n) is 5.10. The van der Waals surface area contributed by atoms with E-state index in [4.69, 9.17) is 14.2 Å². The smallest absolute Gasteiger partial charge is 0.341 e. The summed E-state index contributed by atoms with van der Waals surface area (Å²) in [7, 11) is 1.37. The standard InChI is InChI=1S/C23H30N2O5S/c1-5-11-25-12-10-16-19(14-25)31-22(20(16)23(27)28-4)24-21(26)15-8-9-17(29-6-2)18(13-15)30-7-3/h8-9,13H,5-7,10-12,14H2,1-4H3,(H,24,26). The van der Waals surface area contributed by atoms with E-state index >= 15 is 0 Å². The summed E-state index contributed by atoms with van der Waals surface area (Å²) >= 11 is 1.45. The van der Waals surface area contributed by atoms with E-state index in [0.29, 0.717) is 40.8 Å². The molecule has 0 saturated heterocycles. The third-order valence-corrected chi connectivity index (χ3v) is 6.23. The van der Waals surface area contributed by atoms with Crippen LogP contribution >= 0.6 is 11.3 Å². The van der Waals surface area contributed by atoms with Gasteiger partial charge in [-0.15, -0.1) is 11.3 Å². The highest BCUT2D eigenvalue weighted by Crippen LogP contribution is 2.38. The first-order valence-corrected chi connectivity index (χ1v) is 11.5. The predicted octanol–water partition coefficient (Wildman–Crippen LogP) is 4.35. The molecule has 1 aromatic carbocycles. The van der Waals surface area contributed by atoms with Crippen LogP contribution < -0.4 is 14.8 Å². The van der Waals surface area contributed by atoms with Crippen LogP contribution in [0.1, 0.15) is 58.3 Å². The molecule has 7 nitrogen and oxygen atoms in total. The fourth-order valence-electron chi connectivity index (χ4n) is 3.74. The first-order chi connectivity index (χ1) is 15.0. The number of benzene rings is 1. The Morgan fingerprint density at radius 1 is 1.13 bits per heavy atom. The van der Waals surface area contributed by atoms with Gasteiger partial charge in [0.15, 0.2) is 11.5 Å². The van der Waals surface area contributed by atoms with E-state index in [9.17, 15) is 9.59 Å². The maximum atomic E-state index is 13.0. The Hall–Kier alpha value is -2.58. The highest BCUT2D eigenvalue weighted by Gasteiger charge is 2.29. The molecule has 31 heavy (non-hydrogen) atoms. The van der Waals surface area contributed by atoms with E-state index in [-0.39, 0.29) is 5.91 Å². The fraction of sp³-hybridized carbons (Fsp3) is 0.478. The van der Waals surface area contributed by atoms with E-state index in [1.54, 1.807) is 18.2 Å². The van der Waals surface area contributed by atoms with Crippen molar-refractivity contribution in [2.45, 2.75) is 40.2 Å². The van der Waals surface area contributed by atoms with Gasteiger partial charge in [-0.25, -0.2) is 4.79 Å². The lowest BCUT2D eigenvalue weighted by molar-refractivity contribution is 0.0600.